The third kappa shape index (κ3) is 3.68. The molecule has 0 bridgehead atoms. The molecule has 176 valence electrons. The molecule has 2 aromatic carbocycles. The van der Waals surface area contributed by atoms with Crippen molar-refractivity contribution in [2.75, 3.05) is 40.4 Å². The number of amides is 2. The molecule has 0 saturated carbocycles. The topological polar surface area (TPSA) is 102 Å². The molecular formula is C24H24N4O5S. The molecule has 2 aliphatic heterocycles. The first-order chi connectivity index (χ1) is 16.3. The molecule has 0 aliphatic carbocycles. The van der Waals surface area contributed by atoms with Crippen LogP contribution < -0.4 is 0 Å². The number of carbonyl (C=O) groups excluding carboxylic acids is 2. The largest absolute Gasteiger partial charge is 0.378 e. The summed E-state index contributed by atoms with van der Waals surface area (Å²) in [5.41, 5.74) is 2.39. The molecule has 1 aromatic heterocycles. The number of rotatable bonds is 3. The van der Waals surface area contributed by atoms with E-state index in [9.17, 15) is 18.0 Å². The van der Waals surface area contributed by atoms with Crippen LogP contribution in [0.2, 0.25) is 0 Å². The third-order valence-corrected chi connectivity index (χ3v) is 7.74. The van der Waals surface area contributed by atoms with Gasteiger partial charge in [-0.05, 0) is 30.3 Å². The molecule has 0 N–H and O–H groups in total. The van der Waals surface area contributed by atoms with Crippen molar-refractivity contribution in [3.8, 4) is 16.9 Å². The third-order valence-electron chi connectivity index (χ3n) is 6.04. The number of sulfone groups is 1. The van der Waals surface area contributed by atoms with Gasteiger partial charge < -0.3 is 14.5 Å². The summed E-state index contributed by atoms with van der Waals surface area (Å²) in [6.07, 6.45) is 0. The van der Waals surface area contributed by atoms with Crippen molar-refractivity contribution < 1.29 is 22.7 Å². The van der Waals surface area contributed by atoms with Crippen LogP contribution in [-0.4, -0.2) is 80.2 Å². The highest BCUT2D eigenvalue weighted by Crippen LogP contribution is 2.41. The summed E-state index contributed by atoms with van der Waals surface area (Å²) in [5, 5.41) is 4.64. The number of ether oxygens (including phenoxy) is 1. The van der Waals surface area contributed by atoms with Gasteiger partial charge >= 0.3 is 0 Å². The summed E-state index contributed by atoms with van der Waals surface area (Å²) in [4.78, 5) is 29.3. The fourth-order valence-corrected chi connectivity index (χ4v) is 5.93. The number of hydrogen-bond acceptors (Lipinski definition) is 6. The number of hydrogen-bond donors (Lipinski definition) is 0. The van der Waals surface area contributed by atoms with Gasteiger partial charge in [-0.2, -0.15) is 5.10 Å². The molecule has 0 spiro atoms. The zero-order valence-corrected chi connectivity index (χ0v) is 19.7. The second-order valence-electron chi connectivity index (χ2n) is 8.50. The normalized spacial score (nSPS) is 16.5. The maximum Gasteiger partial charge on any atom is 0.274 e. The lowest BCUT2D eigenvalue weighted by Crippen LogP contribution is -2.41. The van der Waals surface area contributed by atoms with E-state index in [0.29, 0.717) is 54.4 Å². The fourth-order valence-electron chi connectivity index (χ4n) is 4.35. The van der Waals surface area contributed by atoms with E-state index in [1.807, 2.05) is 30.3 Å². The highest BCUT2D eigenvalue weighted by Gasteiger charge is 2.37. The average Bonchev–Trinajstić information content (AvgIpc) is 3.22. The van der Waals surface area contributed by atoms with Crippen LogP contribution in [0.15, 0.2) is 53.4 Å². The number of fused-ring (bicyclic) bond motifs is 3. The number of morpholine rings is 1. The molecule has 3 aromatic rings. The van der Waals surface area contributed by atoms with Crippen molar-refractivity contribution in [2.45, 2.75) is 10.6 Å². The van der Waals surface area contributed by atoms with Crippen molar-refractivity contribution in [1.29, 1.82) is 0 Å². The van der Waals surface area contributed by atoms with Gasteiger partial charge in [0.15, 0.2) is 15.5 Å². The Labute approximate surface area is 197 Å². The van der Waals surface area contributed by atoms with E-state index >= 15 is 0 Å². The molecule has 5 rings (SSSR count). The number of benzene rings is 2. The Bertz CT molecular complexity index is 1390. The Kier molecular flexibility index (Phi) is 5.49. The summed E-state index contributed by atoms with van der Waals surface area (Å²) < 4.78 is 33.5. The van der Waals surface area contributed by atoms with Gasteiger partial charge in [0.1, 0.15) is 0 Å². The molecule has 1 fully saturated rings. The van der Waals surface area contributed by atoms with E-state index in [1.54, 1.807) is 29.7 Å². The Hall–Kier alpha value is -3.50. The molecular weight excluding hydrogens is 456 g/mol. The second-order valence-corrected chi connectivity index (χ2v) is 10.5. The predicted octanol–water partition coefficient (Wildman–Crippen LogP) is 2.00. The van der Waals surface area contributed by atoms with Gasteiger partial charge in [-0.15, -0.1) is 0 Å². The number of para-hydroxylation sites is 1. The van der Waals surface area contributed by atoms with Crippen molar-refractivity contribution in [2.24, 2.45) is 0 Å². The number of carbonyl (C=O) groups is 2. The zero-order chi connectivity index (χ0) is 24.0. The fraction of sp³-hybridized carbons (Fsp3) is 0.292. The first-order valence-electron chi connectivity index (χ1n) is 10.9. The standard InChI is InChI=1S/C24H24N4O5S/c1-26(2)23(29)16-8-9-20-18(14-16)22-19(15-34(20,31)32)21(24(30)27-10-12-33-13-11-27)25-28(22)17-6-4-3-5-7-17/h3-9,14H,10-13,15H2,1-2H3. The second kappa shape index (κ2) is 8.37. The molecule has 2 amide bonds. The summed E-state index contributed by atoms with van der Waals surface area (Å²) in [6.45, 7) is 1.67. The minimum Gasteiger partial charge on any atom is -0.378 e. The van der Waals surface area contributed by atoms with Crippen LogP contribution in [0, 0.1) is 0 Å². The van der Waals surface area contributed by atoms with Crippen molar-refractivity contribution >= 4 is 21.7 Å². The summed E-state index contributed by atoms with van der Waals surface area (Å²) in [6, 6.07) is 13.8. The van der Waals surface area contributed by atoms with E-state index in [-0.39, 0.29) is 28.2 Å². The Morgan fingerprint density at radius 2 is 1.74 bits per heavy atom. The first kappa shape index (κ1) is 22.3. The molecule has 3 heterocycles. The molecule has 9 nitrogen and oxygen atoms in total. The lowest BCUT2D eigenvalue weighted by atomic mass is 10.0. The molecule has 0 radical (unpaired) electrons. The summed E-state index contributed by atoms with van der Waals surface area (Å²) >= 11 is 0. The van der Waals surface area contributed by atoms with Crippen molar-refractivity contribution in [3.05, 3.63) is 65.4 Å². The molecule has 34 heavy (non-hydrogen) atoms. The smallest absolute Gasteiger partial charge is 0.274 e. The van der Waals surface area contributed by atoms with Gasteiger partial charge in [0.25, 0.3) is 11.8 Å². The Morgan fingerprint density at radius 1 is 1.03 bits per heavy atom. The van der Waals surface area contributed by atoms with E-state index in [1.165, 1.54) is 17.0 Å². The molecule has 1 saturated heterocycles. The number of nitrogens with zero attached hydrogens (tertiary/aromatic N) is 4. The molecule has 10 heteroatoms. The lowest BCUT2D eigenvalue weighted by molar-refractivity contribution is 0.0298. The minimum absolute atomic E-state index is 0.110. The van der Waals surface area contributed by atoms with Crippen LogP contribution >= 0.6 is 0 Å². The Morgan fingerprint density at radius 3 is 2.41 bits per heavy atom. The monoisotopic (exact) mass is 480 g/mol. The van der Waals surface area contributed by atoms with Crippen LogP contribution in [-0.2, 0) is 20.3 Å². The van der Waals surface area contributed by atoms with E-state index < -0.39 is 9.84 Å². The summed E-state index contributed by atoms with van der Waals surface area (Å²) in [5.74, 6) is -0.912. The van der Waals surface area contributed by atoms with Crippen LogP contribution in [0.5, 0.6) is 0 Å². The highest BCUT2D eigenvalue weighted by molar-refractivity contribution is 7.90. The van der Waals surface area contributed by atoms with Gasteiger partial charge in [0, 0.05) is 43.9 Å². The average molecular weight is 481 g/mol. The minimum atomic E-state index is -3.75. The van der Waals surface area contributed by atoms with Gasteiger partial charge in [-0.1, -0.05) is 18.2 Å². The van der Waals surface area contributed by atoms with E-state index in [0.717, 1.165) is 0 Å². The molecule has 0 unspecified atom stereocenters. The van der Waals surface area contributed by atoms with E-state index in [4.69, 9.17) is 4.74 Å². The van der Waals surface area contributed by atoms with Crippen LogP contribution in [0.4, 0.5) is 0 Å². The van der Waals surface area contributed by atoms with Crippen LogP contribution in [0.1, 0.15) is 26.4 Å². The van der Waals surface area contributed by atoms with Crippen LogP contribution in [0.3, 0.4) is 0 Å². The highest BCUT2D eigenvalue weighted by atomic mass is 32.2. The lowest BCUT2D eigenvalue weighted by Gasteiger charge is -2.26. The number of aromatic nitrogens is 2. The quantitative estimate of drug-likeness (QED) is 0.568. The summed E-state index contributed by atoms with van der Waals surface area (Å²) in [7, 11) is -0.475. The SMILES string of the molecule is CN(C)C(=O)c1ccc2c(c1)-c1c(c(C(=O)N3CCOCC3)nn1-c1ccccc1)CS2(=O)=O. The zero-order valence-electron chi connectivity index (χ0n) is 18.9. The maximum absolute atomic E-state index is 13.4. The van der Waals surface area contributed by atoms with Gasteiger partial charge in [-0.3, -0.25) is 9.59 Å². The van der Waals surface area contributed by atoms with Gasteiger partial charge in [0.05, 0.1) is 35.2 Å². The Balaban J connectivity index is 1.77. The van der Waals surface area contributed by atoms with Crippen molar-refractivity contribution in [1.82, 2.24) is 19.6 Å². The first-order valence-corrected chi connectivity index (χ1v) is 12.6. The molecule has 0 atom stereocenters. The van der Waals surface area contributed by atoms with Gasteiger partial charge in [0.2, 0.25) is 0 Å². The van der Waals surface area contributed by atoms with Gasteiger partial charge in [-0.25, -0.2) is 13.1 Å². The van der Waals surface area contributed by atoms with Crippen molar-refractivity contribution in [3.63, 3.8) is 0 Å². The predicted molar refractivity (Wildman–Crippen MR) is 125 cm³/mol. The van der Waals surface area contributed by atoms with E-state index in [2.05, 4.69) is 5.10 Å². The molecule has 2 aliphatic rings. The maximum atomic E-state index is 13.4. The van der Waals surface area contributed by atoms with Crippen LogP contribution in [0.25, 0.3) is 16.9 Å².